The quantitative estimate of drug-likeness (QED) is 0.621. The molecule has 1 aliphatic heterocycles. The highest BCUT2D eigenvalue weighted by Gasteiger charge is 2.39. The predicted molar refractivity (Wildman–Crippen MR) is 47.0 cm³/mol. The van der Waals surface area contributed by atoms with Crippen LogP contribution in [0.2, 0.25) is 0 Å². The average Bonchev–Trinajstić information content (AvgIpc) is 2.30. The smallest absolute Gasteiger partial charge is 0.308 e. The number of rotatable bonds is 1. The Labute approximate surface area is 73.2 Å². The summed E-state index contributed by atoms with van der Waals surface area (Å²) in [7, 11) is 0. The molecule has 0 saturated carbocycles. The van der Waals surface area contributed by atoms with Crippen LogP contribution in [0.15, 0.2) is 0 Å². The van der Waals surface area contributed by atoms with Gasteiger partial charge in [0.15, 0.2) is 0 Å². The van der Waals surface area contributed by atoms with Crippen molar-refractivity contribution in [2.24, 2.45) is 11.3 Å². The molecule has 1 heterocycles. The van der Waals surface area contributed by atoms with Gasteiger partial charge in [0, 0.05) is 6.04 Å². The fraction of sp³-hybridized carbons (Fsp3) is 0.889. The molecule has 0 bridgehead atoms. The molecule has 1 rings (SSSR count). The normalized spacial score (nSPS) is 30.6. The van der Waals surface area contributed by atoms with Crippen molar-refractivity contribution in [3.8, 4) is 0 Å². The molecule has 0 radical (unpaired) electrons. The Morgan fingerprint density at radius 3 is 2.42 bits per heavy atom. The molecule has 0 amide bonds. The number of hydrogen-bond acceptors (Lipinski definition) is 2. The van der Waals surface area contributed by atoms with Gasteiger partial charge in [0.1, 0.15) is 0 Å². The highest BCUT2D eigenvalue weighted by molar-refractivity contribution is 5.71. The minimum Gasteiger partial charge on any atom is -0.481 e. The van der Waals surface area contributed by atoms with Crippen LogP contribution < -0.4 is 5.32 Å². The van der Waals surface area contributed by atoms with Crippen LogP contribution in [0.25, 0.3) is 0 Å². The van der Waals surface area contributed by atoms with Gasteiger partial charge >= 0.3 is 5.97 Å². The molecule has 2 unspecified atom stereocenters. The number of carbonyl (C=O) groups is 1. The van der Waals surface area contributed by atoms with Gasteiger partial charge in [0.05, 0.1) is 5.92 Å². The Morgan fingerprint density at radius 1 is 1.50 bits per heavy atom. The number of carboxylic acid groups (broad SMARTS) is 1. The molecule has 0 aliphatic carbocycles. The topological polar surface area (TPSA) is 49.3 Å². The maximum absolute atomic E-state index is 10.8. The lowest BCUT2D eigenvalue weighted by atomic mass is 9.80. The summed E-state index contributed by atoms with van der Waals surface area (Å²) in [6, 6.07) is 0.120. The lowest BCUT2D eigenvalue weighted by Gasteiger charge is -2.30. The summed E-state index contributed by atoms with van der Waals surface area (Å²) in [6.45, 7) is 7.06. The summed E-state index contributed by atoms with van der Waals surface area (Å²) >= 11 is 0. The van der Waals surface area contributed by atoms with E-state index in [4.69, 9.17) is 5.11 Å². The van der Waals surface area contributed by atoms with Crippen LogP contribution in [0, 0.1) is 11.3 Å². The van der Waals surface area contributed by atoms with Gasteiger partial charge in [0.2, 0.25) is 0 Å². The number of carboxylic acids is 1. The monoisotopic (exact) mass is 171 g/mol. The Bertz CT molecular complexity index is 183. The molecule has 0 aromatic carbocycles. The molecule has 3 heteroatoms. The molecule has 0 aromatic heterocycles. The zero-order valence-corrected chi connectivity index (χ0v) is 7.92. The Morgan fingerprint density at radius 2 is 2.08 bits per heavy atom. The Kier molecular flexibility index (Phi) is 2.42. The highest BCUT2D eigenvalue weighted by atomic mass is 16.4. The Hall–Kier alpha value is -0.570. The van der Waals surface area contributed by atoms with E-state index in [1.54, 1.807) is 0 Å². The van der Waals surface area contributed by atoms with Gasteiger partial charge in [-0.25, -0.2) is 0 Å². The van der Waals surface area contributed by atoms with Gasteiger partial charge < -0.3 is 10.4 Å². The second-order valence-electron chi connectivity index (χ2n) is 4.53. The minimum absolute atomic E-state index is 0.0412. The van der Waals surface area contributed by atoms with Gasteiger partial charge in [-0.2, -0.15) is 0 Å². The zero-order valence-electron chi connectivity index (χ0n) is 7.92. The molecule has 0 spiro atoms. The first-order valence-corrected chi connectivity index (χ1v) is 4.39. The van der Waals surface area contributed by atoms with E-state index in [2.05, 4.69) is 26.1 Å². The molecular weight excluding hydrogens is 154 g/mol. The summed E-state index contributed by atoms with van der Waals surface area (Å²) in [6.07, 6.45) is 0.761. The van der Waals surface area contributed by atoms with Crippen LogP contribution in [0.1, 0.15) is 27.2 Å². The van der Waals surface area contributed by atoms with Crippen molar-refractivity contribution in [1.29, 1.82) is 0 Å². The number of aliphatic carboxylic acids is 1. The van der Waals surface area contributed by atoms with Gasteiger partial charge in [-0.1, -0.05) is 20.8 Å². The molecular formula is C9H17NO2. The summed E-state index contributed by atoms with van der Waals surface area (Å²) < 4.78 is 0. The van der Waals surface area contributed by atoms with Gasteiger partial charge in [-0.15, -0.1) is 0 Å². The van der Waals surface area contributed by atoms with Gasteiger partial charge in [-0.3, -0.25) is 4.79 Å². The maximum Gasteiger partial charge on any atom is 0.308 e. The third-order valence-electron chi connectivity index (χ3n) is 2.47. The molecule has 1 fully saturated rings. The molecule has 12 heavy (non-hydrogen) atoms. The maximum atomic E-state index is 10.8. The van der Waals surface area contributed by atoms with E-state index in [1.807, 2.05) is 0 Å². The molecule has 1 saturated heterocycles. The van der Waals surface area contributed by atoms with Gasteiger partial charge in [0.25, 0.3) is 0 Å². The molecule has 1 aliphatic rings. The van der Waals surface area contributed by atoms with E-state index >= 15 is 0 Å². The first-order chi connectivity index (χ1) is 5.43. The van der Waals surface area contributed by atoms with E-state index in [-0.39, 0.29) is 17.4 Å². The second kappa shape index (κ2) is 3.05. The molecule has 2 atom stereocenters. The second-order valence-corrected chi connectivity index (χ2v) is 4.53. The molecule has 3 nitrogen and oxygen atoms in total. The van der Waals surface area contributed by atoms with Crippen molar-refractivity contribution < 1.29 is 9.90 Å². The van der Waals surface area contributed by atoms with E-state index in [0.29, 0.717) is 0 Å². The van der Waals surface area contributed by atoms with Crippen molar-refractivity contribution in [2.45, 2.75) is 33.2 Å². The summed E-state index contributed by atoms with van der Waals surface area (Å²) in [5.74, 6) is -0.870. The zero-order chi connectivity index (χ0) is 9.35. The van der Waals surface area contributed by atoms with Crippen molar-refractivity contribution in [1.82, 2.24) is 5.32 Å². The lowest BCUT2D eigenvalue weighted by molar-refractivity contribution is -0.142. The van der Waals surface area contributed by atoms with Crippen LogP contribution >= 0.6 is 0 Å². The molecule has 2 N–H and O–H groups in total. The third-order valence-corrected chi connectivity index (χ3v) is 2.47. The van der Waals surface area contributed by atoms with Crippen molar-refractivity contribution in [3.63, 3.8) is 0 Å². The van der Waals surface area contributed by atoms with E-state index in [9.17, 15) is 4.79 Å². The summed E-state index contributed by atoms with van der Waals surface area (Å²) in [5, 5.41) is 12.2. The third kappa shape index (κ3) is 1.78. The van der Waals surface area contributed by atoms with Crippen LogP contribution in [-0.4, -0.2) is 23.7 Å². The first kappa shape index (κ1) is 9.52. The molecule has 0 aromatic rings. The van der Waals surface area contributed by atoms with Crippen LogP contribution in [0.4, 0.5) is 0 Å². The predicted octanol–water partition coefficient (Wildman–Crippen LogP) is 1.10. The van der Waals surface area contributed by atoms with Crippen molar-refractivity contribution >= 4 is 5.97 Å². The van der Waals surface area contributed by atoms with E-state index in [1.165, 1.54) is 0 Å². The summed E-state index contributed by atoms with van der Waals surface area (Å²) in [4.78, 5) is 10.8. The van der Waals surface area contributed by atoms with Crippen molar-refractivity contribution in [3.05, 3.63) is 0 Å². The average molecular weight is 171 g/mol. The summed E-state index contributed by atoms with van der Waals surface area (Å²) in [5.41, 5.74) is 0.0412. The van der Waals surface area contributed by atoms with Crippen LogP contribution in [0.5, 0.6) is 0 Å². The fourth-order valence-corrected chi connectivity index (χ4v) is 1.88. The van der Waals surface area contributed by atoms with Gasteiger partial charge in [-0.05, 0) is 18.4 Å². The van der Waals surface area contributed by atoms with Crippen LogP contribution in [0.3, 0.4) is 0 Å². The molecule has 70 valence electrons. The first-order valence-electron chi connectivity index (χ1n) is 4.39. The van der Waals surface area contributed by atoms with Crippen molar-refractivity contribution in [2.75, 3.05) is 6.54 Å². The van der Waals surface area contributed by atoms with Crippen LogP contribution in [-0.2, 0) is 4.79 Å². The SMILES string of the molecule is CC(C)(C)C1NCCC1C(=O)O. The number of hydrogen-bond donors (Lipinski definition) is 2. The number of nitrogens with one attached hydrogen (secondary N) is 1. The minimum atomic E-state index is -0.667. The largest absolute Gasteiger partial charge is 0.481 e. The van der Waals surface area contributed by atoms with E-state index in [0.717, 1.165) is 13.0 Å². The Balaban J connectivity index is 2.71. The fourth-order valence-electron chi connectivity index (χ4n) is 1.88. The highest BCUT2D eigenvalue weighted by Crippen LogP contribution is 2.30. The van der Waals surface area contributed by atoms with E-state index < -0.39 is 5.97 Å². The standard InChI is InChI=1S/C9H17NO2/c1-9(2,3)7-6(8(11)12)4-5-10-7/h6-7,10H,4-5H2,1-3H3,(H,11,12). The lowest BCUT2D eigenvalue weighted by Crippen LogP contribution is -2.42.